The number of hydrogen-bond donors (Lipinski definition) is 5. The summed E-state index contributed by atoms with van der Waals surface area (Å²) < 4.78 is 0. The summed E-state index contributed by atoms with van der Waals surface area (Å²) in [4.78, 5) is 25.7. The molecule has 0 bridgehead atoms. The maximum atomic E-state index is 11.2. The Morgan fingerprint density at radius 1 is 1.35 bits per heavy atom. The number of nitrogens with one attached hydrogen (secondary N) is 1. The van der Waals surface area contributed by atoms with Gasteiger partial charge in [0.15, 0.2) is 5.96 Å². The standard InChI is InChI=1S/C9H19N5O3/c10-4-3-7(15)14-6(8(16)17)2-1-5-13-9(11)12/h6H,1-5,10H2,(H,14,15)(H,16,17)(H4,11,12,13)/t6-/m0/s1. The van der Waals surface area contributed by atoms with E-state index in [9.17, 15) is 9.59 Å². The molecule has 0 aromatic heterocycles. The normalized spacial score (nSPS) is 11.6. The van der Waals surface area contributed by atoms with Crippen LogP contribution >= 0.6 is 0 Å². The van der Waals surface area contributed by atoms with Crippen molar-refractivity contribution in [2.45, 2.75) is 25.3 Å². The van der Waals surface area contributed by atoms with Gasteiger partial charge in [0.1, 0.15) is 6.04 Å². The lowest BCUT2D eigenvalue weighted by Gasteiger charge is -2.13. The van der Waals surface area contributed by atoms with Gasteiger partial charge >= 0.3 is 5.97 Å². The van der Waals surface area contributed by atoms with Gasteiger partial charge in [0, 0.05) is 19.5 Å². The predicted octanol–water partition coefficient (Wildman–Crippen LogP) is -2.04. The second kappa shape index (κ2) is 8.34. The summed E-state index contributed by atoms with van der Waals surface area (Å²) in [6.07, 6.45) is 0.845. The molecule has 0 aromatic rings. The lowest BCUT2D eigenvalue weighted by molar-refractivity contribution is -0.142. The molecule has 1 amide bonds. The molecule has 0 fully saturated rings. The monoisotopic (exact) mass is 245 g/mol. The molecule has 0 spiro atoms. The molecule has 0 rings (SSSR count). The first-order chi connectivity index (χ1) is 7.97. The molecular weight excluding hydrogens is 226 g/mol. The molecule has 98 valence electrons. The third-order valence-corrected chi connectivity index (χ3v) is 1.95. The van der Waals surface area contributed by atoms with Crippen molar-refractivity contribution in [3.8, 4) is 0 Å². The van der Waals surface area contributed by atoms with Crippen LogP contribution in [-0.2, 0) is 9.59 Å². The highest BCUT2D eigenvalue weighted by atomic mass is 16.4. The zero-order chi connectivity index (χ0) is 13.3. The lowest BCUT2D eigenvalue weighted by Crippen LogP contribution is -2.41. The van der Waals surface area contributed by atoms with E-state index in [1.165, 1.54) is 0 Å². The molecule has 0 saturated carbocycles. The third kappa shape index (κ3) is 8.03. The molecule has 17 heavy (non-hydrogen) atoms. The number of carbonyl (C=O) groups is 2. The number of nitrogens with zero attached hydrogens (tertiary/aromatic N) is 1. The summed E-state index contributed by atoms with van der Waals surface area (Å²) >= 11 is 0. The number of aliphatic imine (C=N–C) groups is 1. The van der Waals surface area contributed by atoms with Crippen LogP contribution in [0.25, 0.3) is 0 Å². The van der Waals surface area contributed by atoms with Gasteiger partial charge in [-0.05, 0) is 12.8 Å². The van der Waals surface area contributed by atoms with Gasteiger partial charge in [-0.1, -0.05) is 0 Å². The predicted molar refractivity (Wildman–Crippen MR) is 63.1 cm³/mol. The zero-order valence-corrected chi connectivity index (χ0v) is 9.56. The number of carboxylic acids is 1. The fraction of sp³-hybridized carbons (Fsp3) is 0.667. The van der Waals surface area contributed by atoms with Crippen LogP contribution < -0.4 is 22.5 Å². The van der Waals surface area contributed by atoms with Crippen LogP contribution in [0.4, 0.5) is 0 Å². The van der Waals surface area contributed by atoms with E-state index in [4.69, 9.17) is 22.3 Å². The summed E-state index contributed by atoms with van der Waals surface area (Å²) in [5, 5.41) is 11.2. The van der Waals surface area contributed by atoms with Gasteiger partial charge in [-0.2, -0.15) is 0 Å². The Kier molecular flexibility index (Phi) is 7.44. The average Bonchev–Trinajstić information content (AvgIpc) is 2.22. The van der Waals surface area contributed by atoms with Crippen LogP contribution in [0.1, 0.15) is 19.3 Å². The molecule has 0 radical (unpaired) electrons. The van der Waals surface area contributed by atoms with E-state index in [0.717, 1.165) is 0 Å². The number of carboxylic acid groups (broad SMARTS) is 1. The van der Waals surface area contributed by atoms with Gasteiger partial charge < -0.3 is 27.6 Å². The molecule has 0 aliphatic heterocycles. The smallest absolute Gasteiger partial charge is 0.326 e. The van der Waals surface area contributed by atoms with Crippen LogP contribution in [0, 0.1) is 0 Å². The van der Waals surface area contributed by atoms with E-state index < -0.39 is 12.0 Å². The SMILES string of the molecule is NCCC(=O)N[C@@H](CCCN=C(N)N)C(=O)O. The summed E-state index contributed by atoms with van der Waals surface area (Å²) in [6.45, 7) is 0.519. The van der Waals surface area contributed by atoms with Crippen molar-refractivity contribution in [3.63, 3.8) is 0 Å². The van der Waals surface area contributed by atoms with Crippen molar-refractivity contribution >= 4 is 17.8 Å². The molecule has 0 heterocycles. The van der Waals surface area contributed by atoms with Crippen molar-refractivity contribution in [2.75, 3.05) is 13.1 Å². The van der Waals surface area contributed by atoms with Crippen LogP contribution in [-0.4, -0.2) is 42.1 Å². The first-order valence-electron chi connectivity index (χ1n) is 5.25. The minimum absolute atomic E-state index is 0.0379. The summed E-state index contributed by atoms with van der Waals surface area (Å²) in [5.74, 6) is -1.49. The van der Waals surface area contributed by atoms with Crippen LogP contribution in [0.15, 0.2) is 4.99 Å². The highest BCUT2D eigenvalue weighted by Crippen LogP contribution is 1.99. The number of nitrogens with two attached hydrogens (primary N) is 3. The first kappa shape index (κ1) is 15.2. The Bertz CT molecular complexity index is 288. The van der Waals surface area contributed by atoms with E-state index in [1.807, 2.05) is 0 Å². The van der Waals surface area contributed by atoms with Gasteiger partial charge in [0.05, 0.1) is 0 Å². The minimum Gasteiger partial charge on any atom is -0.480 e. The van der Waals surface area contributed by atoms with Crippen LogP contribution in [0.5, 0.6) is 0 Å². The number of amides is 1. The molecule has 0 aromatic carbocycles. The quantitative estimate of drug-likeness (QED) is 0.188. The Labute approximate surface area is 99.2 Å². The molecule has 1 atom stereocenters. The van der Waals surface area contributed by atoms with Crippen molar-refractivity contribution < 1.29 is 14.7 Å². The first-order valence-corrected chi connectivity index (χ1v) is 5.25. The highest BCUT2D eigenvalue weighted by Gasteiger charge is 2.18. The zero-order valence-electron chi connectivity index (χ0n) is 9.56. The van der Waals surface area contributed by atoms with Gasteiger partial charge in [0.2, 0.25) is 5.91 Å². The Morgan fingerprint density at radius 2 is 2.00 bits per heavy atom. The minimum atomic E-state index is -1.08. The Hall–Kier alpha value is -1.83. The summed E-state index contributed by atoms with van der Waals surface area (Å²) in [5.41, 5.74) is 15.4. The summed E-state index contributed by atoms with van der Waals surface area (Å²) in [6, 6.07) is -0.928. The molecule has 8 nitrogen and oxygen atoms in total. The van der Waals surface area contributed by atoms with E-state index in [0.29, 0.717) is 13.0 Å². The van der Waals surface area contributed by atoms with Crippen molar-refractivity contribution in [2.24, 2.45) is 22.2 Å². The second-order valence-electron chi connectivity index (χ2n) is 3.45. The average molecular weight is 245 g/mol. The van der Waals surface area contributed by atoms with Gasteiger partial charge in [0.25, 0.3) is 0 Å². The molecule has 0 aliphatic rings. The molecule has 8 heteroatoms. The molecule has 0 unspecified atom stereocenters. The fourth-order valence-electron chi connectivity index (χ4n) is 1.16. The largest absolute Gasteiger partial charge is 0.480 e. The number of carbonyl (C=O) groups excluding carboxylic acids is 1. The van der Waals surface area contributed by atoms with Crippen LogP contribution in [0.3, 0.4) is 0 Å². The maximum Gasteiger partial charge on any atom is 0.326 e. The van der Waals surface area contributed by atoms with Gasteiger partial charge in [-0.25, -0.2) is 4.79 Å². The second-order valence-corrected chi connectivity index (χ2v) is 3.45. The number of rotatable bonds is 8. The topological polar surface area (TPSA) is 157 Å². The highest BCUT2D eigenvalue weighted by molar-refractivity contribution is 5.83. The van der Waals surface area contributed by atoms with Crippen LogP contribution in [0.2, 0.25) is 0 Å². The van der Waals surface area contributed by atoms with E-state index in [1.54, 1.807) is 0 Å². The van der Waals surface area contributed by atoms with E-state index in [-0.39, 0.29) is 31.3 Å². The molecule has 0 aliphatic carbocycles. The third-order valence-electron chi connectivity index (χ3n) is 1.95. The maximum absolute atomic E-state index is 11.2. The Balaban J connectivity index is 4.03. The number of hydrogen-bond acceptors (Lipinski definition) is 4. The lowest BCUT2D eigenvalue weighted by atomic mass is 10.1. The summed E-state index contributed by atoms with van der Waals surface area (Å²) in [7, 11) is 0. The van der Waals surface area contributed by atoms with Gasteiger partial charge in [-0.15, -0.1) is 0 Å². The number of guanidine groups is 1. The number of aliphatic carboxylic acids is 1. The van der Waals surface area contributed by atoms with Crippen molar-refractivity contribution in [1.29, 1.82) is 0 Å². The Morgan fingerprint density at radius 3 is 2.47 bits per heavy atom. The van der Waals surface area contributed by atoms with Crippen molar-refractivity contribution in [3.05, 3.63) is 0 Å². The molecular formula is C9H19N5O3. The molecule has 8 N–H and O–H groups in total. The fourth-order valence-corrected chi connectivity index (χ4v) is 1.16. The van der Waals surface area contributed by atoms with Gasteiger partial charge in [-0.3, -0.25) is 9.79 Å². The molecule has 0 saturated heterocycles. The van der Waals surface area contributed by atoms with E-state index >= 15 is 0 Å². The van der Waals surface area contributed by atoms with E-state index in [2.05, 4.69) is 10.3 Å². The van der Waals surface area contributed by atoms with Crippen molar-refractivity contribution in [1.82, 2.24) is 5.32 Å².